The van der Waals surface area contributed by atoms with E-state index >= 15 is 0 Å². The van der Waals surface area contributed by atoms with Crippen LogP contribution in [0.3, 0.4) is 0 Å². The molecule has 2 aliphatic rings. The number of aliphatic imine (C=N–C) groups is 1. The van der Waals surface area contributed by atoms with Crippen LogP contribution < -0.4 is 0 Å². The van der Waals surface area contributed by atoms with E-state index in [4.69, 9.17) is 4.74 Å². The number of alkyl halides is 1. The van der Waals surface area contributed by atoms with E-state index in [0.29, 0.717) is 12.0 Å². The smallest absolute Gasteiger partial charge is 0.190 e. The highest BCUT2D eigenvalue weighted by Crippen LogP contribution is 2.25. The van der Waals surface area contributed by atoms with Crippen molar-refractivity contribution in [1.29, 1.82) is 0 Å². The minimum atomic E-state index is 0.339. The van der Waals surface area contributed by atoms with Crippen molar-refractivity contribution < 1.29 is 4.74 Å². The molecule has 2 aliphatic heterocycles. The molecule has 66 valence electrons. The maximum Gasteiger partial charge on any atom is 0.190 e. The second-order valence-electron chi connectivity index (χ2n) is 3.19. The average Bonchev–Trinajstić information content (AvgIpc) is 2.17. The molecule has 0 bridgehead atoms. The number of ether oxygens (including phenoxy) is 1. The lowest BCUT2D eigenvalue weighted by molar-refractivity contribution is 0.157. The largest absolute Gasteiger partial charge is 0.476 e. The predicted octanol–water partition coefficient (Wildman–Crippen LogP) is 2.14. The molecular formula is C9H12BrNO. The van der Waals surface area contributed by atoms with Crippen LogP contribution in [0.5, 0.6) is 0 Å². The molecule has 2 unspecified atom stereocenters. The Kier molecular flexibility index (Phi) is 2.49. The Morgan fingerprint density at radius 2 is 2.50 bits per heavy atom. The fourth-order valence-electron chi connectivity index (χ4n) is 1.62. The first-order valence-electron chi connectivity index (χ1n) is 4.34. The third-order valence-electron chi connectivity index (χ3n) is 2.30. The normalized spacial score (nSPS) is 33.6. The maximum atomic E-state index is 5.69. The summed E-state index contributed by atoms with van der Waals surface area (Å²) < 4.78 is 5.69. The van der Waals surface area contributed by atoms with Crippen LogP contribution in [0.4, 0.5) is 0 Å². The van der Waals surface area contributed by atoms with Crippen LogP contribution >= 0.6 is 15.9 Å². The van der Waals surface area contributed by atoms with Gasteiger partial charge in [-0.3, -0.25) is 4.99 Å². The van der Waals surface area contributed by atoms with E-state index < -0.39 is 0 Å². The van der Waals surface area contributed by atoms with E-state index in [0.717, 1.165) is 24.2 Å². The molecule has 0 spiro atoms. The Hall–Kier alpha value is -0.310. The molecule has 0 aliphatic carbocycles. The number of rotatable bonds is 1. The topological polar surface area (TPSA) is 21.6 Å². The first-order valence-corrected chi connectivity index (χ1v) is 5.46. The fourth-order valence-corrected chi connectivity index (χ4v) is 2.07. The van der Waals surface area contributed by atoms with Gasteiger partial charge >= 0.3 is 0 Å². The first-order chi connectivity index (χ1) is 5.90. The summed E-state index contributed by atoms with van der Waals surface area (Å²) in [5.74, 6) is 1.42. The summed E-state index contributed by atoms with van der Waals surface area (Å²) in [5.41, 5.74) is 0. The van der Waals surface area contributed by atoms with Crippen LogP contribution in [0.2, 0.25) is 0 Å². The number of hydrogen-bond donors (Lipinski definition) is 0. The second-order valence-corrected chi connectivity index (χ2v) is 3.83. The van der Waals surface area contributed by atoms with Crippen LogP contribution in [0, 0.1) is 5.92 Å². The van der Waals surface area contributed by atoms with E-state index in [1.54, 1.807) is 0 Å². The van der Waals surface area contributed by atoms with Crippen molar-refractivity contribution in [2.24, 2.45) is 10.9 Å². The summed E-state index contributed by atoms with van der Waals surface area (Å²) in [6.45, 7) is 0.792. The molecule has 2 nitrogen and oxygen atoms in total. The minimum Gasteiger partial charge on any atom is -0.476 e. The van der Waals surface area contributed by atoms with Gasteiger partial charge in [0.25, 0.3) is 0 Å². The van der Waals surface area contributed by atoms with Gasteiger partial charge in [0.2, 0.25) is 0 Å². The van der Waals surface area contributed by atoms with Crippen LogP contribution in [-0.4, -0.2) is 23.9 Å². The highest BCUT2D eigenvalue weighted by molar-refractivity contribution is 9.09. The van der Waals surface area contributed by atoms with Gasteiger partial charge in [0.05, 0.1) is 12.5 Å². The van der Waals surface area contributed by atoms with Gasteiger partial charge in [-0.05, 0) is 12.8 Å². The van der Waals surface area contributed by atoms with Gasteiger partial charge in [-0.25, -0.2) is 0 Å². The van der Waals surface area contributed by atoms with E-state index in [1.807, 2.05) is 0 Å². The quantitative estimate of drug-likeness (QED) is 0.499. The zero-order chi connectivity index (χ0) is 8.39. The molecule has 12 heavy (non-hydrogen) atoms. The third kappa shape index (κ3) is 1.56. The second kappa shape index (κ2) is 3.60. The number of halogens is 1. The van der Waals surface area contributed by atoms with Crippen LogP contribution in [0.1, 0.15) is 12.8 Å². The summed E-state index contributed by atoms with van der Waals surface area (Å²) in [4.78, 5) is 4.34. The Morgan fingerprint density at radius 3 is 3.33 bits per heavy atom. The zero-order valence-corrected chi connectivity index (χ0v) is 8.46. The monoisotopic (exact) mass is 229 g/mol. The van der Waals surface area contributed by atoms with E-state index in [2.05, 4.69) is 33.1 Å². The van der Waals surface area contributed by atoms with Gasteiger partial charge in [-0.15, -0.1) is 0 Å². The number of nitrogens with zero attached hydrogens (tertiary/aromatic N) is 1. The molecule has 1 saturated heterocycles. The minimum absolute atomic E-state index is 0.339. The molecule has 0 N–H and O–H groups in total. The summed E-state index contributed by atoms with van der Waals surface area (Å²) in [7, 11) is 0. The molecule has 2 rings (SSSR count). The van der Waals surface area contributed by atoms with Gasteiger partial charge in [0.15, 0.2) is 5.90 Å². The van der Waals surface area contributed by atoms with Gasteiger partial charge in [0, 0.05) is 5.33 Å². The zero-order valence-electron chi connectivity index (χ0n) is 6.87. The van der Waals surface area contributed by atoms with Crippen molar-refractivity contribution >= 4 is 21.8 Å². The molecule has 2 atom stereocenters. The van der Waals surface area contributed by atoms with Gasteiger partial charge in [0.1, 0.15) is 6.10 Å². The standard InChI is InChI=1S/C9H12BrNO/c10-6-8-4-3-7-2-1-5-11-9(7)12-8/h1-2,7-8H,3-6H2. The summed E-state index contributed by atoms with van der Waals surface area (Å²) in [6, 6.07) is 0. The lowest BCUT2D eigenvalue weighted by atomic mass is 9.96. The van der Waals surface area contributed by atoms with Crippen molar-refractivity contribution in [3.63, 3.8) is 0 Å². The average molecular weight is 230 g/mol. The van der Waals surface area contributed by atoms with Crippen molar-refractivity contribution in [3.8, 4) is 0 Å². The Labute approximate surface area is 80.8 Å². The first kappa shape index (κ1) is 8.30. The Morgan fingerprint density at radius 1 is 1.58 bits per heavy atom. The summed E-state index contributed by atoms with van der Waals surface area (Å²) in [5, 5.41) is 0.919. The Bertz CT molecular complexity index is 225. The number of hydrogen-bond acceptors (Lipinski definition) is 2. The van der Waals surface area contributed by atoms with E-state index in [1.165, 1.54) is 6.42 Å². The molecule has 0 amide bonds. The molecule has 0 radical (unpaired) electrons. The Balaban J connectivity index is 2.04. The maximum absolute atomic E-state index is 5.69. The molecule has 2 heterocycles. The SMILES string of the molecule is BrCC1CCC2C=CCN=C2O1. The molecule has 0 aromatic rings. The molecule has 3 heteroatoms. The lowest BCUT2D eigenvalue weighted by Crippen LogP contribution is -2.32. The molecule has 1 fully saturated rings. The third-order valence-corrected chi connectivity index (χ3v) is 3.02. The highest BCUT2D eigenvalue weighted by Gasteiger charge is 2.26. The number of fused-ring (bicyclic) bond motifs is 1. The van der Waals surface area contributed by atoms with Gasteiger partial charge < -0.3 is 4.74 Å². The van der Waals surface area contributed by atoms with E-state index in [9.17, 15) is 0 Å². The van der Waals surface area contributed by atoms with E-state index in [-0.39, 0.29) is 0 Å². The van der Waals surface area contributed by atoms with Crippen molar-refractivity contribution in [1.82, 2.24) is 0 Å². The summed E-state index contributed by atoms with van der Waals surface area (Å²) >= 11 is 3.43. The fraction of sp³-hybridized carbons (Fsp3) is 0.667. The molecule has 0 saturated carbocycles. The lowest BCUT2D eigenvalue weighted by Gasteiger charge is -2.29. The van der Waals surface area contributed by atoms with Crippen molar-refractivity contribution in [2.75, 3.05) is 11.9 Å². The molecular weight excluding hydrogens is 218 g/mol. The van der Waals surface area contributed by atoms with Crippen LogP contribution in [-0.2, 0) is 4.74 Å². The van der Waals surface area contributed by atoms with Crippen LogP contribution in [0.15, 0.2) is 17.1 Å². The van der Waals surface area contributed by atoms with Gasteiger partial charge in [-0.1, -0.05) is 28.1 Å². The summed E-state index contributed by atoms with van der Waals surface area (Å²) in [6.07, 6.45) is 7.00. The molecule has 0 aromatic heterocycles. The van der Waals surface area contributed by atoms with Gasteiger partial charge in [-0.2, -0.15) is 0 Å². The predicted molar refractivity (Wildman–Crippen MR) is 52.8 cm³/mol. The van der Waals surface area contributed by atoms with Crippen molar-refractivity contribution in [3.05, 3.63) is 12.2 Å². The highest BCUT2D eigenvalue weighted by atomic mass is 79.9. The molecule has 0 aromatic carbocycles. The van der Waals surface area contributed by atoms with Crippen molar-refractivity contribution in [2.45, 2.75) is 18.9 Å². The van der Waals surface area contributed by atoms with Crippen LogP contribution in [0.25, 0.3) is 0 Å². The number of dihydropyridines is 1.